The number of aromatic nitrogens is 2. The van der Waals surface area contributed by atoms with Gasteiger partial charge in [0.05, 0.1) is 5.69 Å². The first-order valence-corrected chi connectivity index (χ1v) is 6.59. The van der Waals surface area contributed by atoms with Crippen molar-refractivity contribution in [1.29, 1.82) is 0 Å². The minimum Gasteiger partial charge on any atom is -0.345 e. The Morgan fingerprint density at radius 1 is 1.28 bits per heavy atom. The Labute approximate surface area is 111 Å². The van der Waals surface area contributed by atoms with Crippen LogP contribution in [-0.2, 0) is 0 Å². The van der Waals surface area contributed by atoms with Crippen LogP contribution >= 0.6 is 11.6 Å². The molecule has 0 radical (unpaired) electrons. The topological polar surface area (TPSA) is 54.7 Å². The molecular formula is C14H16ClN3. The van der Waals surface area contributed by atoms with E-state index < -0.39 is 0 Å². The van der Waals surface area contributed by atoms with Gasteiger partial charge in [0.2, 0.25) is 0 Å². The number of halogens is 1. The first kappa shape index (κ1) is 11.8. The maximum Gasteiger partial charge on any atom is 0.110 e. The predicted molar refractivity (Wildman–Crippen MR) is 73.7 cm³/mol. The Morgan fingerprint density at radius 2 is 1.94 bits per heavy atom. The number of aryl methyl sites for hydroxylation is 1. The third-order valence-electron chi connectivity index (χ3n) is 3.58. The molecule has 1 aromatic heterocycles. The number of nitrogens with zero attached hydrogens (tertiary/aromatic N) is 1. The molecule has 0 spiro atoms. The number of H-pyrrole nitrogens is 1. The van der Waals surface area contributed by atoms with Crippen LogP contribution in [0.25, 0.3) is 11.3 Å². The minimum absolute atomic E-state index is 0.347. The van der Waals surface area contributed by atoms with Gasteiger partial charge in [-0.05, 0) is 31.9 Å². The number of benzene rings is 1. The molecule has 1 fully saturated rings. The molecule has 18 heavy (non-hydrogen) atoms. The maximum absolute atomic E-state index is 5.90. The van der Waals surface area contributed by atoms with Gasteiger partial charge in [-0.25, -0.2) is 4.98 Å². The molecule has 0 bridgehead atoms. The molecule has 0 saturated heterocycles. The lowest BCUT2D eigenvalue weighted by Crippen LogP contribution is -2.35. The van der Waals surface area contributed by atoms with E-state index in [2.05, 4.69) is 11.9 Å². The third kappa shape index (κ3) is 2.04. The van der Waals surface area contributed by atoms with E-state index in [1.165, 1.54) is 0 Å². The van der Waals surface area contributed by atoms with Gasteiger partial charge >= 0.3 is 0 Å². The number of nitrogens with two attached hydrogens (primary N) is 1. The number of hydrogen-bond donors (Lipinski definition) is 2. The summed E-state index contributed by atoms with van der Waals surface area (Å²) < 4.78 is 0. The SMILES string of the molecule is Cc1[nH]c(C2CC(N)C2)nc1-c1ccc(Cl)cc1. The molecule has 0 unspecified atom stereocenters. The molecule has 2 aromatic rings. The smallest absolute Gasteiger partial charge is 0.110 e. The van der Waals surface area contributed by atoms with Crippen molar-refractivity contribution in [3.63, 3.8) is 0 Å². The molecule has 3 N–H and O–H groups in total. The molecule has 0 amide bonds. The Morgan fingerprint density at radius 3 is 2.56 bits per heavy atom. The van der Waals surface area contributed by atoms with Crippen molar-refractivity contribution in [1.82, 2.24) is 9.97 Å². The van der Waals surface area contributed by atoms with E-state index >= 15 is 0 Å². The van der Waals surface area contributed by atoms with E-state index in [9.17, 15) is 0 Å². The second-order valence-electron chi connectivity index (χ2n) is 5.03. The zero-order valence-corrected chi connectivity index (χ0v) is 11.0. The molecule has 1 aromatic carbocycles. The fourth-order valence-corrected chi connectivity index (χ4v) is 2.58. The Bertz CT molecular complexity index is 553. The molecule has 1 aliphatic carbocycles. The fourth-order valence-electron chi connectivity index (χ4n) is 2.45. The quantitative estimate of drug-likeness (QED) is 0.872. The van der Waals surface area contributed by atoms with Crippen molar-refractivity contribution < 1.29 is 0 Å². The zero-order valence-electron chi connectivity index (χ0n) is 10.3. The number of nitrogens with one attached hydrogen (secondary N) is 1. The highest BCUT2D eigenvalue weighted by molar-refractivity contribution is 6.30. The van der Waals surface area contributed by atoms with E-state index in [0.29, 0.717) is 12.0 Å². The molecule has 4 heteroatoms. The predicted octanol–water partition coefficient (Wildman–Crippen LogP) is 3.24. The summed E-state index contributed by atoms with van der Waals surface area (Å²) in [5.74, 6) is 1.57. The molecule has 0 aliphatic heterocycles. The van der Waals surface area contributed by atoms with Crippen molar-refractivity contribution in [3.05, 3.63) is 40.8 Å². The summed E-state index contributed by atoms with van der Waals surface area (Å²) in [7, 11) is 0. The van der Waals surface area contributed by atoms with Crippen LogP contribution in [0.2, 0.25) is 5.02 Å². The molecule has 1 aliphatic rings. The molecular weight excluding hydrogens is 246 g/mol. The van der Waals surface area contributed by atoms with Crippen molar-refractivity contribution >= 4 is 11.6 Å². The molecule has 1 saturated carbocycles. The summed E-state index contributed by atoms with van der Waals surface area (Å²) in [5, 5.41) is 0.747. The third-order valence-corrected chi connectivity index (χ3v) is 3.83. The van der Waals surface area contributed by atoms with E-state index in [-0.39, 0.29) is 0 Å². The van der Waals surface area contributed by atoms with Crippen molar-refractivity contribution in [2.24, 2.45) is 5.73 Å². The fraction of sp³-hybridized carbons (Fsp3) is 0.357. The van der Waals surface area contributed by atoms with Crippen LogP contribution in [0.1, 0.15) is 30.3 Å². The second-order valence-corrected chi connectivity index (χ2v) is 5.47. The van der Waals surface area contributed by atoms with Crippen LogP contribution in [-0.4, -0.2) is 16.0 Å². The molecule has 0 atom stereocenters. The standard InChI is InChI=1S/C14H16ClN3/c1-8-13(9-2-4-11(15)5-3-9)18-14(17-8)10-6-12(16)7-10/h2-5,10,12H,6-7,16H2,1H3,(H,17,18). The van der Waals surface area contributed by atoms with Gasteiger partial charge in [-0.2, -0.15) is 0 Å². The minimum atomic E-state index is 0.347. The molecule has 3 nitrogen and oxygen atoms in total. The number of rotatable bonds is 2. The van der Waals surface area contributed by atoms with Gasteiger partial charge < -0.3 is 10.7 Å². The zero-order chi connectivity index (χ0) is 12.7. The van der Waals surface area contributed by atoms with Crippen LogP contribution in [0.3, 0.4) is 0 Å². The van der Waals surface area contributed by atoms with Gasteiger partial charge in [-0.3, -0.25) is 0 Å². The Hall–Kier alpha value is -1.32. The summed E-state index contributed by atoms with van der Waals surface area (Å²) in [6.45, 7) is 2.05. The van der Waals surface area contributed by atoms with Crippen LogP contribution in [0.15, 0.2) is 24.3 Å². The average molecular weight is 262 g/mol. The molecule has 94 valence electrons. The largest absolute Gasteiger partial charge is 0.345 e. The van der Waals surface area contributed by atoms with Crippen molar-refractivity contribution in [2.45, 2.75) is 31.7 Å². The lowest BCUT2D eigenvalue weighted by molar-refractivity contribution is 0.340. The van der Waals surface area contributed by atoms with E-state index in [1.54, 1.807) is 0 Å². The monoisotopic (exact) mass is 261 g/mol. The van der Waals surface area contributed by atoms with E-state index in [4.69, 9.17) is 22.3 Å². The number of hydrogen-bond acceptors (Lipinski definition) is 2. The van der Waals surface area contributed by atoms with Crippen molar-refractivity contribution in [3.8, 4) is 11.3 Å². The summed E-state index contributed by atoms with van der Waals surface area (Å²) in [6.07, 6.45) is 2.07. The normalized spacial score (nSPS) is 22.8. The summed E-state index contributed by atoms with van der Waals surface area (Å²) in [5.41, 5.74) is 9.04. The van der Waals surface area contributed by atoms with Gasteiger partial charge in [-0.1, -0.05) is 23.7 Å². The Balaban J connectivity index is 1.90. The molecule has 3 rings (SSSR count). The van der Waals surface area contributed by atoms with Crippen LogP contribution in [0.5, 0.6) is 0 Å². The lowest BCUT2D eigenvalue weighted by atomic mass is 9.80. The van der Waals surface area contributed by atoms with Crippen LogP contribution < -0.4 is 5.73 Å². The summed E-state index contributed by atoms with van der Waals surface area (Å²) >= 11 is 5.90. The Kier molecular flexibility index (Phi) is 2.88. The van der Waals surface area contributed by atoms with Crippen molar-refractivity contribution in [2.75, 3.05) is 0 Å². The lowest BCUT2D eigenvalue weighted by Gasteiger charge is -2.30. The maximum atomic E-state index is 5.90. The average Bonchev–Trinajstić information content (AvgIpc) is 2.68. The number of imidazole rings is 1. The second kappa shape index (κ2) is 4.41. The van der Waals surface area contributed by atoms with Gasteiger partial charge in [0.1, 0.15) is 5.82 Å². The van der Waals surface area contributed by atoms with Gasteiger partial charge in [0.25, 0.3) is 0 Å². The molecule has 1 heterocycles. The van der Waals surface area contributed by atoms with Gasteiger partial charge in [0, 0.05) is 28.2 Å². The van der Waals surface area contributed by atoms with Gasteiger partial charge in [-0.15, -0.1) is 0 Å². The van der Waals surface area contributed by atoms with E-state index in [0.717, 1.165) is 40.6 Å². The first-order chi connectivity index (χ1) is 8.63. The number of aromatic amines is 1. The highest BCUT2D eigenvalue weighted by Crippen LogP contribution is 2.35. The highest BCUT2D eigenvalue weighted by atomic mass is 35.5. The highest BCUT2D eigenvalue weighted by Gasteiger charge is 2.30. The van der Waals surface area contributed by atoms with Crippen LogP contribution in [0.4, 0.5) is 0 Å². The summed E-state index contributed by atoms with van der Waals surface area (Å²) in [4.78, 5) is 8.09. The first-order valence-electron chi connectivity index (χ1n) is 6.21. The van der Waals surface area contributed by atoms with Gasteiger partial charge in [0.15, 0.2) is 0 Å². The van der Waals surface area contributed by atoms with Crippen LogP contribution in [0, 0.1) is 6.92 Å². The summed E-state index contributed by atoms with van der Waals surface area (Å²) in [6, 6.07) is 8.14. The van der Waals surface area contributed by atoms with E-state index in [1.807, 2.05) is 24.3 Å².